The van der Waals surface area contributed by atoms with E-state index in [0.717, 1.165) is 25.4 Å². The molecule has 1 aliphatic rings. The van der Waals surface area contributed by atoms with Crippen LogP contribution in [0.4, 0.5) is 0 Å². The minimum atomic E-state index is 0.673. The summed E-state index contributed by atoms with van der Waals surface area (Å²) in [5.41, 5.74) is 2.50. The van der Waals surface area contributed by atoms with Crippen molar-refractivity contribution in [3.8, 4) is 0 Å². The van der Waals surface area contributed by atoms with Crippen molar-refractivity contribution in [2.75, 3.05) is 20.3 Å². The fourth-order valence-corrected chi connectivity index (χ4v) is 1.92. The standard InChI is InChI=1S/C13H21N3O/c1-3-17-7-6-12-15-9-11(8-14-2)13(16-12)10-4-5-10/h9-10,14H,3-8H2,1-2H3. The van der Waals surface area contributed by atoms with Gasteiger partial charge in [0.05, 0.1) is 12.3 Å². The molecule has 1 N–H and O–H groups in total. The second-order valence-corrected chi connectivity index (χ2v) is 4.45. The Morgan fingerprint density at radius 1 is 1.47 bits per heavy atom. The highest BCUT2D eigenvalue weighted by Crippen LogP contribution is 2.40. The number of hydrogen-bond donors (Lipinski definition) is 1. The average molecular weight is 235 g/mol. The van der Waals surface area contributed by atoms with E-state index in [2.05, 4.69) is 10.3 Å². The molecule has 2 rings (SSSR count). The third-order valence-electron chi connectivity index (χ3n) is 2.95. The minimum absolute atomic E-state index is 0.673. The molecule has 0 saturated heterocycles. The van der Waals surface area contributed by atoms with E-state index in [0.29, 0.717) is 12.5 Å². The number of aromatic nitrogens is 2. The average Bonchev–Trinajstić information content (AvgIpc) is 3.15. The zero-order valence-electron chi connectivity index (χ0n) is 10.7. The molecule has 0 aromatic carbocycles. The maximum atomic E-state index is 5.34. The summed E-state index contributed by atoms with van der Waals surface area (Å²) >= 11 is 0. The van der Waals surface area contributed by atoms with Crippen molar-refractivity contribution >= 4 is 0 Å². The van der Waals surface area contributed by atoms with Crippen molar-refractivity contribution in [2.24, 2.45) is 0 Å². The second kappa shape index (κ2) is 6.07. The van der Waals surface area contributed by atoms with Crippen LogP contribution in [0.5, 0.6) is 0 Å². The van der Waals surface area contributed by atoms with Crippen molar-refractivity contribution in [1.29, 1.82) is 0 Å². The van der Waals surface area contributed by atoms with Gasteiger partial charge in [-0.25, -0.2) is 9.97 Å². The molecule has 1 heterocycles. The zero-order chi connectivity index (χ0) is 12.1. The Morgan fingerprint density at radius 2 is 2.29 bits per heavy atom. The van der Waals surface area contributed by atoms with Gasteiger partial charge in [0.1, 0.15) is 5.82 Å². The molecule has 1 fully saturated rings. The largest absolute Gasteiger partial charge is 0.381 e. The molecule has 1 aromatic heterocycles. The molecule has 0 bridgehead atoms. The van der Waals surface area contributed by atoms with Crippen LogP contribution in [-0.4, -0.2) is 30.2 Å². The third-order valence-corrected chi connectivity index (χ3v) is 2.95. The highest BCUT2D eigenvalue weighted by Gasteiger charge is 2.27. The third kappa shape index (κ3) is 3.48. The number of nitrogens with one attached hydrogen (secondary N) is 1. The lowest BCUT2D eigenvalue weighted by Gasteiger charge is -2.09. The molecule has 4 nitrogen and oxygen atoms in total. The Hall–Kier alpha value is -1.00. The van der Waals surface area contributed by atoms with E-state index < -0.39 is 0 Å². The van der Waals surface area contributed by atoms with Crippen LogP contribution in [-0.2, 0) is 17.7 Å². The number of ether oxygens (including phenoxy) is 1. The van der Waals surface area contributed by atoms with E-state index in [4.69, 9.17) is 9.72 Å². The first-order valence-electron chi connectivity index (χ1n) is 6.42. The lowest BCUT2D eigenvalue weighted by atomic mass is 10.1. The summed E-state index contributed by atoms with van der Waals surface area (Å²) < 4.78 is 5.34. The van der Waals surface area contributed by atoms with Gasteiger partial charge in [0.15, 0.2) is 0 Å². The lowest BCUT2D eigenvalue weighted by molar-refractivity contribution is 0.149. The molecular formula is C13H21N3O. The quantitative estimate of drug-likeness (QED) is 0.730. The summed E-state index contributed by atoms with van der Waals surface area (Å²) in [5.74, 6) is 1.59. The topological polar surface area (TPSA) is 47.0 Å². The van der Waals surface area contributed by atoms with E-state index in [1.165, 1.54) is 24.1 Å². The van der Waals surface area contributed by atoms with Gasteiger partial charge in [0.25, 0.3) is 0 Å². The van der Waals surface area contributed by atoms with Crippen molar-refractivity contribution in [3.63, 3.8) is 0 Å². The summed E-state index contributed by atoms with van der Waals surface area (Å²) in [6.07, 6.45) is 5.34. The number of nitrogens with zero attached hydrogens (tertiary/aromatic N) is 2. The maximum Gasteiger partial charge on any atom is 0.130 e. The van der Waals surface area contributed by atoms with Gasteiger partial charge in [-0.3, -0.25) is 0 Å². The van der Waals surface area contributed by atoms with Crippen molar-refractivity contribution in [1.82, 2.24) is 15.3 Å². The van der Waals surface area contributed by atoms with Gasteiger partial charge in [-0.1, -0.05) is 0 Å². The van der Waals surface area contributed by atoms with Gasteiger partial charge in [0, 0.05) is 37.3 Å². The Balaban J connectivity index is 2.05. The Bertz CT molecular complexity index is 364. The van der Waals surface area contributed by atoms with Crippen molar-refractivity contribution in [2.45, 2.75) is 38.6 Å². The summed E-state index contributed by atoms with van der Waals surface area (Å²) in [5, 5.41) is 3.17. The molecule has 0 amide bonds. The number of rotatable bonds is 7. The highest BCUT2D eigenvalue weighted by molar-refractivity contribution is 5.25. The Morgan fingerprint density at radius 3 is 2.94 bits per heavy atom. The van der Waals surface area contributed by atoms with Crippen LogP contribution >= 0.6 is 0 Å². The molecule has 0 spiro atoms. The molecule has 17 heavy (non-hydrogen) atoms. The number of hydrogen-bond acceptors (Lipinski definition) is 4. The van der Waals surface area contributed by atoms with E-state index in [9.17, 15) is 0 Å². The maximum absolute atomic E-state index is 5.34. The fraction of sp³-hybridized carbons (Fsp3) is 0.692. The van der Waals surface area contributed by atoms with Crippen LogP contribution in [0.2, 0.25) is 0 Å². The smallest absolute Gasteiger partial charge is 0.130 e. The first kappa shape index (κ1) is 12.5. The lowest BCUT2D eigenvalue weighted by Crippen LogP contribution is -2.12. The molecular weight excluding hydrogens is 214 g/mol. The van der Waals surface area contributed by atoms with Gasteiger partial charge < -0.3 is 10.1 Å². The molecule has 1 aromatic rings. The predicted molar refractivity (Wildman–Crippen MR) is 67.0 cm³/mol. The molecule has 94 valence electrons. The van der Waals surface area contributed by atoms with Gasteiger partial charge in [0.2, 0.25) is 0 Å². The molecule has 0 aliphatic heterocycles. The molecule has 0 radical (unpaired) electrons. The van der Waals surface area contributed by atoms with E-state index in [-0.39, 0.29) is 0 Å². The first-order valence-corrected chi connectivity index (χ1v) is 6.42. The van der Waals surface area contributed by atoms with Crippen molar-refractivity contribution < 1.29 is 4.74 Å². The van der Waals surface area contributed by atoms with Crippen LogP contribution in [0.25, 0.3) is 0 Å². The first-order chi connectivity index (χ1) is 8.35. The van der Waals surface area contributed by atoms with E-state index in [1.807, 2.05) is 20.2 Å². The molecule has 4 heteroatoms. The minimum Gasteiger partial charge on any atom is -0.381 e. The van der Waals surface area contributed by atoms with Gasteiger partial charge >= 0.3 is 0 Å². The zero-order valence-corrected chi connectivity index (χ0v) is 10.7. The molecule has 0 atom stereocenters. The highest BCUT2D eigenvalue weighted by atomic mass is 16.5. The summed E-state index contributed by atoms with van der Waals surface area (Å²) in [6.45, 7) is 4.34. The monoisotopic (exact) mass is 235 g/mol. The van der Waals surface area contributed by atoms with Gasteiger partial charge in [-0.05, 0) is 26.8 Å². The summed E-state index contributed by atoms with van der Waals surface area (Å²) in [4.78, 5) is 9.10. The molecule has 0 unspecified atom stereocenters. The molecule has 1 saturated carbocycles. The van der Waals surface area contributed by atoms with Crippen molar-refractivity contribution in [3.05, 3.63) is 23.3 Å². The second-order valence-electron chi connectivity index (χ2n) is 4.45. The van der Waals surface area contributed by atoms with Crippen LogP contribution in [0.1, 0.15) is 42.8 Å². The predicted octanol–water partition coefficient (Wildman–Crippen LogP) is 1.65. The molecule has 1 aliphatic carbocycles. The Labute approximate surface area is 103 Å². The van der Waals surface area contributed by atoms with E-state index >= 15 is 0 Å². The van der Waals surface area contributed by atoms with Crippen LogP contribution < -0.4 is 5.32 Å². The normalized spacial score (nSPS) is 15.2. The fourth-order valence-electron chi connectivity index (χ4n) is 1.92. The Kier molecular flexibility index (Phi) is 4.45. The van der Waals surface area contributed by atoms with Gasteiger partial charge in [-0.2, -0.15) is 0 Å². The summed E-state index contributed by atoms with van der Waals surface area (Å²) in [7, 11) is 1.96. The van der Waals surface area contributed by atoms with E-state index in [1.54, 1.807) is 0 Å². The van der Waals surface area contributed by atoms with Crippen LogP contribution in [0, 0.1) is 0 Å². The van der Waals surface area contributed by atoms with Gasteiger partial charge in [-0.15, -0.1) is 0 Å². The van der Waals surface area contributed by atoms with Crippen LogP contribution in [0.3, 0.4) is 0 Å². The van der Waals surface area contributed by atoms with Crippen LogP contribution in [0.15, 0.2) is 6.20 Å². The summed E-state index contributed by atoms with van der Waals surface area (Å²) in [6, 6.07) is 0. The SMILES string of the molecule is CCOCCc1ncc(CNC)c(C2CC2)n1.